The molecular weight excluding hydrogens is 366 g/mol. The lowest BCUT2D eigenvalue weighted by molar-refractivity contribution is -0.154. The van der Waals surface area contributed by atoms with Crippen LogP contribution in [0.25, 0.3) is 0 Å². The van der Waals surface area contributed by atoms with Crippen LogP contribution in [0.15, 0.2) is 30.3 Å². The fourth-order valence-electron chi connectivity index (χ4n) is 2.13. The second kappa shape index (κ2) is 11.2. The molecule has 0 fully saturated rings. The molecule has 1 rings (SSSR count). The van der Waals surface area contributed by atoms with Gasteiger partial charge in [-0.15, -0.1) is 0 Å². The third-order valence-electron chi connectivity index (χ3n) is 3.59. The van der Waals surface area contributed by atoms with E-state index in [0.29, 0.717) is 0 Å². The standard InChI is InChI=1S/C20H29NO7/c1-6-25-19(24)28-20(4,5)13-27-17(22)16(14(2)3)21-18(23)26-12-15-10-8-7-9-11-15/h7-11,14,16H,6,12-13H2,1-5H3,(H,21,23). The summed E-state index contributed by atoms with van der Waals surface area (Å²) in [7, 11) is 0. The van der Waals surface area contributed by atoms with Gasteiger partial charge in [0.2, 0.25) is 0 Å². The van der Waals surface area contributed by atoms with Gasteiger partial charge in [-0.3, -0.25) is 0 Å². The summed E-state index contributed by atoms with van der Waals surface area (Å²) in [6, 6.07) is 8.29. The van der Waals surface area contributed by atoms with Crippen LogP contribution in [0.3, 0.4) is 0 Å². The van der Waals surface area contributed by atoms with Crippen molar-refractivity contribution >= 4 is 18.2 Å². The number of amides is 1. The minimum atomic E-state index is -1.07. The fourth-order valence-corrected chi connectivity index (χ4v) is 2.13. The molecule has 8 heteroatoms. The number of carbonyl (C=O) groups is 3. The first-order chi connectivity index (χ1) is 13.1. The Morgan fingerprint density at radius 2 is 1.68 bits per heavy atom. The number of esters is 1. The Labute approximate surface area is 165 Å². The molecule has 156 valence electrons. The van der Waals surface area contributed by atoms with Gasteiger partial charge in [0, 0.05) is 0 Å². The first kappa shape index (κ1) is 23.3. The predicted molar refractivity (Wildman–Crippen MR) is 102 cm³/mol. The Bertz CT molecular complexity index is 643. The van der Waals surface area contributed by atoms with E-state index in [1.807, 2.05) is 30.3 Å². The van der Waals surface area contributed by atoms with Gasteiger partial charge in [-0.1, -0.05) is 44.2 Å². The molecule has 8 nitrogen and oxygen atoms in total. The number of nitrogens with one attached hydrogen (secondary N) is 1. The van der Waals surface area contributed by atoms with Crippen LogP contribution < -0.4 is 5.32 Å². The molecular formula is C20H29NO7. The fraction of sp³-hybridized carbons (Fsp3) is 0.550. The van der Waals surface area contributed by atoms with Gasteiger partial charge >= 0.3 is 18.2 Å². The highest BCUT2D eigenvalue weighted by Crippen LogP contribution is 2.13. The number of benzene rings is 1. The second-order valence-corrected chi connectivity index (χ2v) is 7.08. The summed E-state index contributed by atoms with van der Waals surface area (Å²) in [4.78, 5) is 35.8. The van der Waals surface area contributed by atoms with Gasteiger partial charge in [-0.25, -0.2) is 14.4 Å². The van der Waals surface area contributed by atoms with E-state index in [2.05, 4.69) is 5.32 Å². The van der Waals surface area contributed by atoms with Crippen LogP contribution in [-0.4, -0.2) is 43.1 Å². The molecule has 1 aromatic rings. The quantitative estimate of drug-likeness (QED) is 0.505. The van der Waals surface area contributed by atoms with Crippen molar-refractivity contribution in [3.63, 3.8) is 0 Å². The van der Waals surface area contributed by atoms with Gasteiger partial charge in [-0.05, 0) is 32.3 Å². The Kier molecular flexibility index (Phi) is 9.27. The SMILES string of the molecule is CCOC(=O)OC(C)(C)COC(=O)C(NC(=O)OCc1ccccc1)C(C)C. The van der Waals surface area contributed by atoms with Gasteiger partial charge in [0.1, 0.15) is 24.9 Å². The second-order valence-electron chi connectivity index (χ2n) is 7.08. The van der Waals surface area contributed by atoms with Crippen LogP contribution in [0, 0.1) is 5.92 Å². The van der Waals surface area contributed by atoms with Crippen LogP contribution >= 0.6 is 0 Å². The van der Waals surface area contributed by atoms with Crippen LogP contribution in [0.1, 0.15) is 40.2 Å². The molecule has 1 unspecified atom stereocenters. The molecule has 0 aromatic heterocycles. The summed E-state index contributed by atoms with van der Waals surface area (Å²) in [6.07, 6.45) is -1.56. The molecule has 0 heterocycles. The largest absolute Gasteiger partial charge is 0.508 e. The molecule has 0 saturated carbocycles. The number of ether oxygens (including phenoxy) is 4. The lowest BCUT2D eigenvalue weighted by Gasteiger charge is -2.26. The lowest BCUT2D eigenvalue weighted by Crippen LogP contribution is -2.47. The summed E-state index contributed by atoms with van der Waals surface area (Å²) in [5, 5.41) is 2.52. The number of alkyl carbamates (subject to hydrolysis) is 1. The van der Waals surface area contributed by atoms with E-state index in [4.69, 9.17) is 18.9 Å². The van der Waals surface area contributed by atoms with E-state index in [9.17, 15) is 14.4 Å². The topological polar surface area (TPSA) is 100 Å². The zero-order valence-electron chi connectivity index (χ0n) is 17.0. The minimum absolute atomic E-state index is 0.0902. The summed E-state index contributed by atoms with van der Waals surface area (Å²) in [5.74, 6) is -0.877. The zero-order chi connectivity index (χ0) is 21.2. The molecule has 0 spiro atoms. The maximum absolute atomic E-state index is 12.4. The highest BCUT2D eigenvalue weighted by molar-refractivity contribution is 5.81. The molecule has 0 aliphatic rings. The van der Waals surface area contributed by atoms with E-state index < -0.39 is 29.9 Å². The minimum Gasteiger partial charge on any atom is -0.460 e. The van der Waals surface area contributed by atoms with Crippen LogP contribution in [0.4, 0.5) is 9.59 Å². The maximum atomic E-state index is 12.4. The number of hydrogen-bond donors (Lipinski definition) is 1. The lowest BCUT2D eigenvalue weighted by atomic mass is 10.0. The smallest absolute Gasteiger partial charge is 0.460 e. The van der Waals surface area contributed by atoms with Gasteiger partial charge in [0.25, 0.3) is 0 Å². The molecule has 1 aromatic carbocycles. The van der Waals surface area contributed by atoms with E-state index >= 15 is 0 Å². The van der Waals surface area contributed by atoms with Gasteiger partial charge in [0.15, 0.2) is 0 Å². The summed E-state index contributed by atoms with van der Waals surface area (Å²) in [5.41, 5.74) is -0.240. The van der Waals surface area contributed by atoms with E-state index in [-0.39, 0.29) is 25.7 Å². The van der Waals surface area contributed by atoms with Crippen LogP contribution in [0.5, 0.6) is 0 Å². The normalized spacial score (nSPS) is 12.1. The van der Waals surface area contributed by atoms with Crippen molar-refractivity contribution in [2.24, 2.45) is 5.92 Å². The van der Waals surface area contributed by atoms with Crippen LogP contribution in [-0.2, 0) is 30.3 Å². The number of carbonyl (C=O) groups excluding carboxylic acids is 3. The van der Waals surface area contributed by atoms with Crippen molar-refractivity contribution in [1.29, 1.82) is 0 Å². The average Bonchev–Trinajstić information content (AvgIpc) is 2.63. The molecule has 1 amide bonds. The number of rotatable bonds is 9. The molecule has 1 atom stereocenters. The zero-order valence-corrected chi connectivity index (χ0v) is 17.0. The maximum Gasteiger partial charge on any atom is 0.508 e. The summed E-state index contributed by atoms with van der Waals surface area (Å²) < 4.78 is 20.2. The Hall–Kier alpha value is -2.77. The van der Waals surface area contributed by atoms with Crippen molar-refractivity contribution in [1.82, 2.24) is 5.32 Å². The Morgan fingerprint density at radius 1 is 1.04 bits per heavy atom. The van der Waals surface area contributed by atoms with Crippen molar-refractivity contribution in [3.05, 3.63) is 35.9 Å². The highest BCUT2D eigenvalue weighted by Gasteiger charge is 2.31. The van der Waals surface area contributed by atoms with Crippen molar-refractivity contribution in [3.8, 4) is 0 Å². The molecule has 0 saturated heterocycles. The average molecular weight is 395 g/mol. The Morgan fingerprint density at radius 3 is 2.25 bits per heavy atom. The van der Waals surface area contributed by atoms with Crippen molar-refractivity contribution in [2.45, 2.75) is 52.9 Å². The van der Waals surface area contributed by atoms with Crippen molar-refractivity contribution < 1.29 is 33.3 Å². The number of hydrogen-bond acceptors (Lipinski definition) is 7. The molecule has 0 bridgehead atoms. The molecule has 28 heavy (non-hydrogen) atoms. The summed E-state index contributed by atoms with van der Waals surface area (Å²) in [6.45, 7) is 8.45. The molecule has 0 aliphatic carbocycles. The monoisotopic (exact) mass is 395 g/mol. The third-order valence-corrected chi connectivity index (χ3v) is 3.59. The third kappa shape index (κ3) is 8.75. The molecule has 1 N–H and O–H groups in total. The Balaban J connectivity index is 2.53. The van der Waals surface area contributed by atoms with Gasteiger partial charge in [0.05, 0.1) is 6.61 Å². The van der Waals surface area contributed by atoms with Crippen molar-refractivity contribution in [2.75, 3.05) is 13.2 Å². The summed E-state index contributed by atoms with van der Waals surface area (Å²) >= 11 is 0. The van der Waals surface area contributed by atoms with Gasteiger partial charge < -0.3 is 24.3 Å². The highest BCUT2D eigenvalue weighted by atomic mass is 16.7. The molecule has 0 aliphatic heterocycles. The predicted octanol–water partition coefficient (Wildman–Crippen LogP) is 3.43. The van der Waals surface area contributed by atoms with Gasteiger partial charge in [-0.2, -0.15) is 0 Å². The van der Waals surface area contributed by atoms with E-state index in [0.717, 1.165) is 5.56 Å². The van der Waals surface area contributed by atoms with E-state index in [1.165, 1.54) is 0 Å². The van der Waals surface area contributed by atoms with Crippen LogP contribution in [0.2, 0.25) is 0 Å². The van der Waals surface area contributed by atoms with E-state index in [1.54, 1.807) is 34.6 Å². The first-order valence-corrected chi connectivity index (χ1v) is 9.14. The molecule has 0 radical (unpaired) electrons. The first-order valence-electron chi connectivity index (χ1n) is 9.14.